The summed E-state index contributed by atoms with van der Waals surface area (Å²) >= 11 is 0. The molecule has 1 aliphatic heterocycles. The third kappa shape index (κ3) is 2.60. The smallest absolute Gasteiger partial charge is 0.224 e. The molecule has 0 aromatic carbocycles. The third-order valence-corrected chi connectivity index (χ3v) is 3.44. The van der Waals surface area contributed by atoms with Crippen molar-refractivity contribution in [2.45, 2.75) is 25.8 Å². The van der Waals surface area contributed by atoms with Crippen LogP contribution in [0.3, 0.4) is 0 Å². The van der Waals surface area contributed by atoms with Crippen LogP contribution < -0.4 is 11.1 Å². The summed E-state index contributed by atoms with van der Waals surface area (Å²) in [4.78, 5) is 10.8. The van der Waals surface area contributed by atoms with Crippen LogP contribution in [0.15, 0.2) is 6.20 Å². The Labute approximate surface area is 111 Å². The molecule has 3 heterocycles. The average Bonchev–Trinajstić information content (AvgIpc) is 2.99. The van der Waals surface area contributed by atoms with Gasteiger partial charge in [-0.15, -0.1) is 0 Å². The van der Waals surface area contributed by atoms with Crippen molar-refractivity contribution in [3.8, 4) is 0 Å². The number of aromatic nitrogens is 4. The number of nitrogens with two attached hydrogens (primary N) is 1. The predicted octanol–water partition coefficient (Wildman–Crippen LogP) is 0.831. The fourth-order valence-electron chi connectivity index (χ4n) is 2.59. The molecule has 0 saturated carbocycles. The van der Waals surface area contributed by atoms with Crippen LogP contribution in [0.25, 0.3) is 11.0 Å². The van der Waals surface area contributed by atoms with E-state index in [0.29, 0.717) is 11.7 Å². The molecule has 7 heteroatoms. The van der Waals surface area contributed by atoms with Gasteiger partial charge in [0.05, 0.1) is 11.6 Å². The number of H-pyrrole nitrogens is 1. The molecule has 1 fully saturated rings. The van der Waals surface area contributed by atoms with Crippen molar-refractivity contribution >= 4 is 22.8 Å². The lowest BCUT2D eigenvalue weighted by Crippen LogP contribution is -2.33. The molecule has 7 nitrogen and oxygen atoms in total. The number of hydrogen-bond donors (Lipinski definition) is 3. The first-order chi connectivity index (χ1) is 9.22. The number of likely N-dealkylation sites (tertiary alicyclic amines) is 1. The summed E-state index contributed by atoms with van der Waals surface area (Å²) in [5, 5.41) is 11.1. The number of rotatable bonds is 4. The standard InChI is InChI=1S/C12H19N7/c1-8(7-19-4-2-3-5-19)15-10-9-6-14-18-11(9)17-12(13)16-10/h6,8H,2-5,7H2,1H3,(H4,13,14,15,16,17,18). The summed E-state index contributed by atoms with van der Waals surface area (Å²) in [5.41, 5.74) is 6.37. The number of nitrogen functional groups attached to an aromatic ring is 1. The minimum atomic E-state index is 0.257. The molecule has 2 aromatic rings. The van der Waals surface area contributed by atoms with Crippen LogP contribution in [0.2, 0.25) is 0 Å². The quantitative estimate of drug-likeness (QED) is 0.754. The number of hydrogen-bond acceptors (Lipinski definition) is 6. The maximum atomic E-state index is 5.70. The van der Waals surface area contributed by atoms with Crippen molar-refractivity contribution in [3.05, 3.63) is 6.20 Å². The lowest BCUT2D eigenvalue weighted by Gasteiger charge is -2.21. The van der Waals surface area contributed by atoms with E-state index in [9.17, 15) is 0 Å². The zero-order valence-electron chi connectivity index (χ0n) is 11.1. The van der Waals surface area contributed by atoms with Gasteiger partial charge < -0.3 is 16.0 Å². The molecule has 102 valence electrons. The van der Waals surface area contributed by atoms with E-state index in [1.807, 2.05) is 0 Å². The number of anilines is 2. The van der Waals surface area contributed by atoms with Gasteiger partial charge >= 0.3 is 0 Å². The highest BCUT2D eigenvalue weighted by Gasteiger charge is 2.16. The molecule has 1 saturated heterocycles. The van der Waals surface area contributed by atoms with Crippen molar-refractivity contribution in [2.24, 2.45) is 0 Å². The first kappa shape index (κ1) is 12.2. The molecule has 0 bridgehead atoms. The fourth-order valence-corrected chi connectivity index (χ4v) is 2.59. The summed E-state index contributed by atoms with van der Waals surface area (Å²) in [6, 6.07) is 0.311. The van der Waals surface area contributed by atoms with Gasteiger partial charge in [0.25, 0.3) is 0 Å². The van der Waals surface area contributed by atoms with Crippen molar-refractivity contribution < 1.29 is 0 Å². The fraction of sp³-hybridized carbons (Fsp3) is 0.583. The van der Waals surface area contributed by atoms with E-state index in [1.54, 1.807) is 6.20 Å². The molecule has 4 N–H and O–H groups in total. The molecule has 0 radical (unpaired) electrons. The highest BCUT2D eigenvalue weighted by atomic mass is 15.2. The minimum Gasteiger partial charge on any atom is -0.368 e. The molecule has 1 unspecified atom stereocenters. The van der Waals surface area contributed by atoms with Crippen LogP contribution >= 0.6 is 0 Å². The van der Waals surface area contributed by atoms with Crippen molar-refractivity contribution in [1.82, 2.24) is 25.1 Å². The second-order valence-electron chi connectivity index (χ2n) is 5.12. The van der Waals surface area contributed by atoms with Gasteiger partial charge in [-0.3, -0.25) is 5.10 Å². The van der Waals surface area contributed by atoms with Crippen molar-refractivity contribution in [1.29, 1.82) is 0 Å². The van der Waals surface area contributed by atoms with Gasteiger partial charge in [-0.25, -0.2) is 0 Å². The maximum Gasteiger partial charge on any atom is 0.224 e. The Morgan fingerprint density at radius 3 is 3.00 bits per heavy atom. The summed E-state index contributed by atoms with van der Waals surface area (Å²) in [5.74, 6) is 1.01. The zero-order valence-corrected chi connectivity index (χ0v) is 11.1. The summed E-state index contributed by atoms with van der Waals surface area (Å²) in [6.45, 7) is 5.56. The van der Waals surface area contributed by atoms with E-state index in [1.165, 1.54) is 25.9 Å². The molecule has 1 atom stereocenters. The van der Waals surface area contributed by atoms with Gasteiger partial charge in [-0.05, 0) is 32.9 Å². The molecule has 3 rings (SSSR count). The van der Waals surface area contributed by atoms with Gasteiger partial charge in [0.1, 0.15) is 5.82 Å². The molecule has 1 aliphatic rings. The highest BCUT2D eigenvalue weighted by molar-refractivity contribution is 5.86. The minimum absolute atomic E-state index is 0.257. The van der Waals surface area contributed by atoms with E-state index in [4.69, 9.17) is 5.73 Å². The first-order valence-corrected chi connectivity index (χ1v) is 6.68. The molecular weight excluding hydrogens is 242 g/mol. The summed E-state index contributed by atoms with van der Waals surface area (Å²) < 4.78 is 0. The molecular formula is C12H19N7. The maximum absolute atomic E-state index is 5.70. The number of aromatic amines is 1. The topological polar surface area (TPSA) is 95.7 Å². The Bertz CT molecular complexity index is 558. The average molecular weight is 261 g/mol. The second kappa shape index (κ2) is 5.00. The van der Waals surface area contributed by atoms with Crippen LogP contribution in [-0.2, 0) is 0 Å². The third-order valence-electron chi connectivity index (χ3n) is 3.44. The number of nitrogens with zero attached hydrogens (tertiary/aromatic N) is 4. The SMILES string of the molecule is CC(CN1CCCC1)Nc1nc(N)nc2[nH]ncc12. The van der Waals surface area contributed by atoms with Crippen LogP contribution in [-0.4, -0.2) is 50.7 Å². The highest BCUT2D eigenvalue weighted by Crippen LogP contribution is 2.20. The first-order valence-electron chi connectivity index (χ1n) is 6.68. The summed E-state index contributed by atoms with van der Waals surface area (Å²) in [7, 11) is 0. The van der Waals surface area contributed by atoms with Crippen molar-refractivity contribution in [3.63, 3.8) is 0 Å². The van der Waals surface area contributed by atoms with Gasteiger partial charge in [-0.1, -0.05) is 0 Å². The van der Waals surface area contributed by atoms with Crippen LogP contribution in [0.5, 0.6) is 0 Å². The second-order valence-corrected chi connectivity index (χ2v) is 5.12. The van der Waals surface area contributed by atoms with Crippen LogP contribution in [0, 0.1) is 0 Å². The number of nitrogens with one attached hydrogen (secondary N) is 2. The van der Waals surface area contributed by atoms with E-state index < -0.39 is 0 Å². The van der Waals surface area contributed by atoms with E-state index in [0.717, 1.165) is 17.7 Å². The van der Waals surface area contributed by atoms with Crippen LogP contribution in [0.1, 0.15) is 19.8 Å². The number of fused-ring (bicyclic) bond motifs is 1. The Morgan fingerprint density at radius 2 is 2.21 bits per heavy atom. The van der Waals surface area contributed by atoms with Gasteiger partial charge in [0.15, 0.2) is 5.65 Å². The Balaban J connectivity index is 1.74. The monoisotopic (exact) mass is 261 g/mol. The van der Waals surface area contributed by atoms with E-state index in [-0.39, 0.29) is 5.95 Å². The van der Waals surface area contributed by atoms with Gasteiger partial charge in [-0.2, -0.15) is 15.1 Å². The molecule has 0 spiro atoms. The Hall–Kier alpha value is -1.89. The molecule has 0 amide bonds. The van der Waals surface area contributed by atoms with E-state index >= 15 is 0 Å². The van der Waals surface area contributed by atoms with E-state index in [2.05, 4.69) is 37.3 Å². The predicted molar refractivity (Wildman–Crippen MR) is 74.9 cm³/mol. The molecule has 2 aromatic heterocycles. The molecule has 19 heavy (non-hydrogen) atoms. The largest absolute Gasteiger partial charge is 0.368 e. The van der Waals surface area contributed by atoms with Crippen LogP contribution in [0.4, 0.5) is 11.8 Å². The van der Waals surface area contributed by atoms with Gasteiger partial charge in [0.2, 0.25) is 5.95 Å². The lowest BCUT2D eigenvalue weighted by atomic mass is 10.3. The Morgan fingerprint density at radius 1 is 1.42 bits per heavy atom. The van der Waals surface area contributed by atoms with Crippen molar-refractivity contribution in [2.75, 3.05) is 30.7 Å². The Kier molecular flexibility index (Phi) is 3.20. The van der Waals surface area contributed by atoms with Gasteiger partial charge in [0, 0.05) is 12.6 Å². The normalized spacial score (nSPS) is 17.9. The summed E-state index contributed by atoms with van der Waals surface area (Å²) in [6.07, 6.45) is 4.33. The lowest BCUT2D eigenvalue weighted by molar-refractivity contribution is 0.327. The molecule has 0 aliphatic carbocycles. The zero-order chi connectivity index (χ0) is 13.2.